The van der Waals surface area contributed by atoms with Crippen molar-refractivity contribution in [3.05, 3.63) is 16.0 Å². The Labute approximate surface area is 160 Å². The van der Waals surface area contributed by atoms with E-state index in [1.165, 1.54) is 49.0 Å². The van der Waals surface area contributed by atoms with Gasteiger partial charge in [-0.15, -0.1) is 11.3 Å². The lowest BCUT2D eigenvalue weighted by molar-refractivity contribution is -0.124. The molecule has 4 bridgehead atoms. The molecule has 6 rings (SSSR count). The Hall–Kier alpha value is -1.34. The van der Waals surface area contributed by atoms with Crippen molar-refractivity contribution in [1.29, 1.82) is 5.26 Å². The van der Waals surface area contributed by atoms with Crippen LogP contribution < -0.4 is 5.32 Å². The highest BCUT2D eigenvalue weighted by Gasteiger charge is 2.51. The Balaban J connectivity index is 1.33. The molecule has 26 heavy (non-hydrogen) atoms. The number of hydrogen-bond acceptors (Lipinski definition) is 3. The van der Waals surface area contributed by atoms with Crippen molar-refractivity contribution in [1.82, 2.24) is 0 Å². The normalized spacial score (nSPS) is 37.2. The van der Waals surface area contributed by atoms with E-state index in [0.717, 1.165) is 47.6 Å². The summed E-state index contributed by atoms with van der Waals surface area (Å²) in [5.74, 6) is 3.45. The van der Waals surface area contributed by atoms with Gasteiger partial charge in [0.05, 0.1) is 5.56 Å². The number of carbonyl (C=O) groups excluding carboxylic acids is 1. The van der Waals surface area contributed by atoms with E-state index in [-0.39, 0.29) is 11.3 Å². The zero-order valence-electron chi connectivity index (χ0n) is 15.6. The predicted molar refractivity (Wildman–Crippen MR) is 104 cm³/mol. The lowest BCUT2D eigenvalue weighted by Crippen LogP contribution is -2.47. The standard InChI is InChI=1S/C22H28N2OS/c1-13-2-3-17-18(12-23)21(26-19(17)4-13)24-20(25)11-22-8-14-5-15(9-22)7-16(6-14)10-22/h13-16H,2-11H2,1H3,(H,24,25)/t13-,14?,15?,16?,22?/m0/s1. The molecule has 1 amide bonds. The number of nitrogens with one attached hydrogen (secondary N) is 1. The molecule has 5 aliphatic rings. The molecule has 1 atom stereocenters. The largest absolute Gasteiger partial charge is 0.317 e. The molecule has 138 valence electrons. The van der Waals surface area contributed by atoms with Crippen LogP contribution in [0.1, 0.15) is 74.3 Å². The van der Waals surface area contributed by atoms with Gasteiger partial charge in [-0.05, 0) is 92.4 Å². The van der Waals surface area contributed by atoms with Crippen LogP contribution in [0.15, 0.2) is 0 Å². The Kier molecular flexibility index (Phi) is 3.94. The Bertz CT molecular complexity index is 752. The number of carbonyl (C=O) groups is 1. The van der Waals surface area contributed by atoms with Gasteiger partial charge in [0.2, 0.25) is 5.91 Å². The van der Waals surface area contributed by atoms with E-state index in [0.29, 0.717) is 12.3 Å². The monoisotopic (exact) mass is 368 g/mol. The molecule has 0 radical (unpaired) electrons. The minimum Gasteiger partial charge on any atom is -0.317 e. The summed E-state index contributed by atoms with van der Waals surface area (Å²) >= 11 is 1.66. The van der Waals surface area contributed by atoms with E-state index in [2.05, 4.69) is 18.3 Å². The fourth-order valence-corrected chi connectivity index (χ4v) is 8.35. The maximum Gasteiger partial charge on any atom is 0.225 e. The van der Waals surface area contributed by atoms with Crippen molar-refractivity contribution in [3.63, 3.8) is 0 Å². The third-order valence-corrected chi connectivity index (χ3v) is 8.75. The molecular weight excluding hydrogens is 340 g/mol. The summed E-state index contributed by atoms with van der Waals surface area (Å²) in [7, 11) is 0. The molecule has 0 spiro atoms. The van der Waals surface area contributed by atoms with Crippen molar-refractivity contribution in [3.8, 4) is 6.07 Å². The third-order valence-electron chi connectivity index (χ3n) is 7.58. The molecule has 4 heteroatoms. The highest BCUT2D eigenvalue weighted by atomic mass is 32.1. The second-order valence-electron chi connectivity index (χ2n) is 9.81. The minimum absolute atomic E-state index is 0.148. The second kappa shape index (κ2) is 6.09. The zero-order chi connectivity index (χ0) is 17.9. The van der Waals surface area contributed by atoms with Crippen LogP contribution in [0.3, 0.4) is 0 Å². The smallest absolute Gasteiger partial charge is 0.225 e. The first-order valence-electron chi connectivity index (χ1n) is 10.4. The fourth-order valence-electron chi connectivity index (χ4n) is 6.98. The van der Waals surface area contributed by atoms with E-state index in [1.54, 1.807) is 11.3 Å². The SMILES string of the molecule is C[C@H]1CCc2c(sc(NC(=O)CC34CC5CC(CC(C5)C3)C4)c2C#N)C1. The van der Waals surface area contributed by atoms with Crippen LogP contribution in [-0.4, -0.2) is 5.91 Å². The van der Waals surface area contributed by atoms with Crippen molar-refractivity contribution < 1.29 is 4.79 Å². The average molecular weight is 369 g/mol. The molecule has 0 saturated heterocycles. The van der Waals surface area contributed by atoms with Crippen molar-refractivity contribution in [2.45, 2.75) is 71.1 Å². The maximum atomic E-state index is 12.9. The van der Waals surface area contributed by atoms with Crippen molar-refractivity contribution >= 4 is 22.2 Å². The highest BCUT2D eigenvalue weighted by Crippen LogP contribution is 2.61. The topological polar surface area (TPSA) is 52.9 Å². The number of anilines is 1. The summed E-state index contributed by atoms with van der Waals surface area (Å²) in [6.45, 7) is 2.28. The molecule has 1 aromatic heterocycles. The van der Waals surface area contributed by atoms with Crippen LogP contribution in [0.4, 0.5) is 5.00 Å². The fraction of sp³-hybridized carbons (Fsp3) is 0.727. The van der Waals surface area contributed by atoms with E-state index in [4.69, 9.17) is 0 Å². The van der Waals surface area contributed by atoms with E-state index in [9.17, 15) is 10.1 Å². The van der Waals surface area contributed by atoms with Gasteiger partial charge in [0.25, 0.3) is 0 Å². The number of amides is 1. The van der Waals surface area contributed by atoms with Crippen LogP contribution in [0.5, 0.6) is 0 Å². The Morgan fingerprint density at radius 1 is 1.23 bits per heavy atom. The third kappa shape index (κ3) is 2.80. The number of nitrogens with zero attached hydrogens (tertiary/aromatic N) is 1. The molecule has 0 unspecified atom stereocenters. The van der Waals surface area contributed by atoms with E-state index >= 15 is 0 Å². The second-order valence-corrected chi connectivity index (χ2v) is 10.9. The molecule has 0 aliphatic heterocycles. The Morgan fingerprint density at radius 3 is 2.50 bits per heavy atom. The first kappa shape index (κ1) is 16.8. The van der Waals surface area contributed by atoms with Crippen LogP contribution in [0.25, 0.3) is 0 Å². The van der Waals surface area contributed by atoms with Gasteiger partial charge in [-0.1, -0.05) is 6.92 Å². The predicted octanol–water partition coefficient (Wildman–Crippen LogP) is 5.29. The van der Waals surface area contributed by atoms with Crippen molar-refractivity contribution in [2.24, 2.45) is 29.1 Å². The molecule has 4 fully saturated rings. The first-order valence-corrected chi connectivity index (χ1v) is 11.2. The lowest BCUT2D eigenvalue weighted by Gasteiger charge is -2.56. The van der Waals surface area contributed by atoms with Crippen molar-refractivity contribution in [2.75, 3.05) is 5.32 Å². The average Bonchev–Trinajstić information content (AvgIpc) is 2.88. The number of fused-ring (bicyclic) bond motifs is 1. The van der Waals surface area contributed by atoms with Gasteiger partial charge in [-0.25, -0.2) is 0 Å². The number of hydrogen-bond donors (Lipinski definition) is 1. The molecule has 5 aliphatic carbocycles. The van der Waals surface area contributed by atoms with Crippen LogP contribution in [0, 0.1) is 40.4 Å². The van der Waals surface area contributed by atoms with Crippen LogP contribution >= 0.6 is 11.3 Å². The molecule has 1 aromatic rings. The molecular formula is C22H28N2OS. The number of rotatable bonds is 3. The number of nitriles is 1. The Morgan fingerprint density at radius 2 is 1.88 bits per heavy atom. The van der Waals surface area contributed by atoms with Gasteiger partial charge in [0.1, 0.15) is 11.1 Å². The molecule has 0 aromatic carbocycles. The quantitative estimate of drug-likeness (QED) is 0.788. The first-order chi connectivity index (χ1) is 12.5. The summed E-state index contributed by atoms with van der Waals surface area (Å²) in [4.78, 5) is 14.3. The van der Waals surface area contributed by atoms with Gasteiger partial charge < -0.3 is 5.32 Å². The van der Waals surface area contributed by atoms with Crippen LogP contribution in [-0.2, 0) is 17.6 Å². The van der Waals surface area contributed by atoms with Gasteiger partial charge in [-0.3, -0.25) is 4.79 Å². The summed E-state index contributed by atoms with van der Waals surface area (Å²) in [5.41, 5.74) is 2.22. The summed E-state index contributed by atoms with van der Waals surface area (Å²) in [6, 6.07) is 2.38. The van der Waals surface area contributed by atoms with Gasteiger partial charge >= 0.3 is 0 Å². The highest BCUT2D eigenvalue weighted by molar-refractivity contribution is 7.16. The molecule has 3 nitrogen and oxygen atoms in total. The molecule has 1 heterocycles. The molecule has 4 saturated carbocycles. The van der Waals surface area contributed by atoms with Crippen LogP contribution in [0.2, 0.25) is 0 Å². The zero-order valence-corrected chi connectivity index (χ0v) is 16.5. The van der Waals surface area contributed by atoms with Gasteiger partial charge in [-0.2, -0.15) is 5.26 Å². The molecule has 1 N–H and O–H groups in total. The minimum atomic E-state index is 0.148. The van der Waals surface area contributed by atoms with E-state index < -0.39 is 0 Å². The lowest BCUT2D eigenvalue weighted by atomic mass is 9.49. The van der Waals surface area contributed by atoms with E-state index in [1.807, 2.05) is 0 Å². The van der Waals surface area contributed by atoms with Gasteiger partial charge in [0.15, 0.2) is 0 Å². The van der Waals surface area contributed by atoms with Gasteiger partial charge in [0, 0.05) is 11.3 Å². The summed E-state index contributed by atoms with van der Waals surface area (Å²) in [6.07, 6.45) is 11.9. The number of thiophene rings is 1. The maximum absolute atomic E-state index is 12.9. The summed E-state index contributed by atoms with van der Waals surface area (Å²) in [5, 5.41) is 13.6. The summed E-state index contributed by atoms with van der Waals surface area (Å²) < 4.78 is 0.